The van der Waals surface area contributed by atoms with Crippen molar-refractivity contribution in [2.24, 2.45) is 11.0 Å². The second kappa shape index (κ2) is 10.0. The van der Waals surface area contributed by atoms with Crippen molar-refractivity contribution in [2.45, 2.75) is 24.8 Å². The van der Waals surface area contributed by atoms with Crippen molar-refractivity contribution in [1.82, 2.24) is 10.1 Å². The van der Waals surface area contributed by atoms with Crippen LogP contribution in [0.3, 0.4) is 0 Å². The number of nitrogens with one attached hydrogen (secondary N) is 2. The van der Waals surface area contributed by atoms with Gasteiger partial charge in [0.15, 0.2) is 0 Å². The average Bonchev–Trinajstić information content (AvgIpc) is 2.72. The zero-order valence-electron chi connectivity index (χ0n) is 16.7. The quantitative estimate of drug-likeness (QED) is 0.479. The van der Waals surface area contributed by atoms with Crippen LogP contribution in [0.1, 0.15) is 19.4 Å². The molecule has 0 saturated carbocycles. The van der Waals surface area contributed by atoms with E-state index in [-0.39, 0.29) is 10.8 Å². The van der Waals surface area contributed by atoms with Gasteiger partial charge in [-0.1, -0.05) is 32.0 Å². The standard InChI is InChI=1S/C20H25N3O5S/c1-14(2)19(23-29(25,26)17-8-6-5-7-9-17)20(24)22-21-13-15-12-16(27-3)10-11-18(15)28-4/h5-14,19,23H,1-4H3,(H,22,24). The van der Waals surface area contributed by atoms with Gasteiger partial charge in [0.05, 0.1) is 25.3 Å². The molecule has 0 aliphatic rings. The maximum absolute atomic E-state index is 12.6. The summed E-state index contributed by atoms with van der Waals surface area (Å²) < 4.78 is 37.9. The molecule has 1 atom stereocenters. The highest BCUT2D eigenvalue weighted by Gasteiger charge is 2.28. The Morgan fingerprint density at radius 1 is 1.07 bits per heavy atom. The Labute approximate surface area is 171 Å². The number of methoxy groups -OCH3 is 2. The van der Waals surface area contributed by atoms with Gasteiger partial charge in [-0.25, -0.2) is 13.8 Å². The summed E-state index contributed by atoms with van der Waals surface area (Å²) in [7, 11) is -0.789. The average molecular weight is 420 g/mol. The first-order valence-corrected chi connectivity index (χ1v) is 10.4. The largest absolute Gasteiger partial charge is 0.497 e. The summed E-state index contributed by atoms with van der Waals surface area (Å²) in [5.41, 5.74) is 2.98. The van der Waals surface area contributed by atoms with E-state index in [1.165, 1.54) is 32.6 Å². The topological polar surface area (TPSA) is 106 Å². The summed E-state index contributed by atoms with van der Waals surface area (Å²) in [5.74, 6) is 0.288. The number of sulfonamides is 1. The van der Waals surface area contributed by atoms with Gasteiger partial charge in [-0.05, 0) is 36.2 Å². The zero-order valence-corrected chi connectivity index (χ0v) is 17.6. The summed E-state index contributed by atoms with van der Waals surface area (Å²) in [4.78, 5) is 12.6. The molecule has 2 aromatic rings. The minimum absolute atomic E-state index is 0.0862. The Morgan fingerprint density at radius 3 is 2.34 bits per heavy atom. The molecule has 0 bridgehead atoms. The SMILES string of the molecule is COc1ccc(OC)c(C=NNC(=O)C(NS(=O)(=O)c2ccccc2)C(C)C)c1. The van der Waals surface area contributed by atoms with Crippen molar-refractivity contribution in [3.8, 4) is 11.5 Å². The molecule has 0 radical (unpaired) electrons. The molecule has 2 N–H and O–H groups in total. The first-order chi connectivity index (χ1) is 13.8. The van der Waals surface area contributed by atoms with Crippen LogP contribution < -0.4 is 19.6 Å². The summed E-state index contributed by atoms with van der Waals surface area (Å²) in [6.07, 6.45) is 1.41. The van der Waals surface area contributed by atoms with Gasteiger partial charge in [-0.15, -0.1) is 0 Å². The number of carbonyl (C=O) groups excluding carboxylic acids is 1. The lowest BCUT2D eigenvalue weighted by molar-refractivity contribution is -0.123. The molecule has 0 fully saturated rings. The van der Waals surface area contributed by atoms with Crippen LogP contribution in [0.4, 0.5) is 0 Å². The van der Waals surface area contributed by atoms with Crippen molar-refractivity contribution in [1.29, 1.82) is 0 Å². The molecule has 1 unspecified atom stereocenters. The first-order valence-electron chi connectivity index (χ1n) is 8.91. The Balaban J connectivity index is 2.14. The highest BCUT2D eigenvalue weighted by Crippen LogP contribution is 2.22. The van der Waals surface area contributed by atoms with Gasteiger partial charge in [0.1, 0.15) is 17.5 Å². The van der Waals surface area contributed by atoms with E-state index in [0.29, 0.717) is 17.1 Å². The molecule has 0 saturated heterocycles. The smallest absolute Gasteiger partial charge is 0.258 e. The molecule has 9 heteroatoms. The first kappa shape index (κ1) is 22.4. The maximum Gasteiger partial charge on any atom is 0.258 e. The molecule has 0 aliphatic carbocycles. The number of ether oxygens (including phenoxy) is 2. The third-order valence-electron chi connectivity index (χ3n) is 4.10. The second-order valence-electron chi connectivity index (χ2n) is 6.50. The molecule has 0 heterocycles. The van der Waals surface area contributed by atoms with E-state index < -0.39 is 22.0 Å². The molecule has 2 rings (SSSR count). The number of carbonyl (C=O) groups is 1. The Hall–Kier alpha value is -2.91. The third kappa shape index (κ3) is 6.03. The number of nitrogens with zero attached hydrogens (tertiary/aromatic N) is 1. The second-order valence-corrected chi connectivity index (χ2v) is 8.21. The minimum Gasteiger partial charge on any atom is -0.497 e. The minimum atomic E-state index is -3.85. The molecule has 0 aromatic heterocycles. The molecular formula is C20H25N3O5S. The molecule has 1 amide bonds. The maximum atomic E-state index is 12.6. The van der Waals surface area contributed by atoms with Gasteiger partial charge in [0.25, 0.3) is 5.91 Å². The Morgan fingerprint density at radius 2 is 1.76 bits per heavy atom. The van der Waals surface area contributed by atoms with E-state index >= 15 is 0 Å². The Bertz CT molecular complexity index is 959. The van der Waals surface area contributed by atoms with Gasteiger partial charge in [0, 0.05) is 5.56 Å². The number of benzene rings is 2. The van der Waals surface area contributed by atoms with Crippen LogP contribution in [0.15, 0.2) is 58.5 Å². The fraction of sp³-hybridized carbons (Fsp3) is 0.300. The molecule has 156 valence electrons. The van der Waals surface area contributed by atoms with Crippen molar-refractivity contribution < 1.29 is 22.7 Å². The van der Waals surface area contributed by atoms with Gasteiger partial charge < -0.3 is 9.47 Å². The predicted molar refractivity (Wildman–Crippen MR) is 111 cm³/mol. The summed E-state index contributed by atoms with van der Waals surface area (Å²) in [6, 6.07) is 12.0. The van der Waals surface area contributed by atoms with E-state index in [1.54, 1.807) is 50.2 Å². The van der Waals surface area contributed by atoms with E-state index in [1.807, 2.05) is 0 Å². The molecular weight excluding hydrogens is 394 g/mol. The molecule has 29 heavy (non-hydrogen) atoms. The monoisotopic (exact) mass is 419 g/mol. The Kier molecular flexibility index (Phi) is 7.74. The van der Waals surface area contributed by atoms with Gasteiger partial charge in [-0.2, -0.15) is 9.82 Å². The van der Waals surface area contributed by atoms with Crippen LogP contribution in [0.25, 0.3) is 0 Å². The number of hydrazone groups is 1. The van der Waals surface area contributed by atoms with Crippen molar-refractivity contribution in [2.75, 3.05) is 14.2 Å². The lowest BCUT2D eigenvalue weighted by Crippen LogP contribution is -2.48. The third-order valence-corrected chi connectivity index (χ3v) is 5.56. The number of hydrogen-bond acceptors (Lipinski definition) is 6. The van der Waals surface area contributed by atoms with Crippen LogP contribution in [-0.2, 0) is 14.8 Å². The molecule has 2 aromatic carbocycles. The lowest BCUT2D eigenvalue weighted by Gasteiger charge is -2.20. The summed E-state index contributed by atoms with van der Waals surface area (Å²) in [5, 5.41) is 3.94. The van der Waals surface area contributed by atoms with Crippen LogP contribution in [0, 0.1) is 5.92 Å². The van der Waals surface area contributed by atoms with Crippen LogP contribution in [0.2, 0.25) is 0 Å². The van der Waals surface area contributed by atoms with E-state index in [4.69, 9.17) is 9.47 Å². The van der Waals surface area contributed by atoms with E-state index in [9.17, 15) is 13.2 Å². The fourth-order valence-corrected chi connectivity index (χ4v) is 3.87. The van der Waals surface area contributed by atoms with Gasteiger partial charge >= 0.3 is 0 Å². The van der Waals surface area contributed by atoms with Gasteiger partial charge in [0.2, 0.25) is 10.0 Å². The summed E-state index contributed by atoms with van der Waals surface area (Å²) in [6.45, 7) is 3.49. The van der Waals surface area contributed by atoms with Crippen LogP contribution in [-0.4, -0.2) is 40.8 Å². The fourth-order valence-electron chi connectivity index (χ4n) is 2.50. The highest BCUT2D eigenvalue weighted by atomic mass is 32.2. The predicted octanol–water partition coefficient (Wildman–Crippen LogP) is 2.16. The lowest BCUT2D eigenvalue weighted by atomic mass is 10.1. The van der Waals surface area contributed by atoms with E-state index in [0.717, 1.165) is 0 Å². The molecule has 8 nitrogen and oxygen atoms in total. The number of amides is 1. The van der Waals surface area contributed by atoms with Gasteiger partial charge in [-0.3, -0.25) is 4.79 Å². The van der Waals surface area contributed by atoms with Crippen molar-refractivity contribution in [3.63, 3.8) is 0 Å². The van der Waals surface area contributed by atoms with Crippen molar-refractivity contribution in [3.05, 3.63) is 54.1 Å². The number of hydrogen-bond donors (Lipinski definition) is 2. The van der Waals surface area contributed by atoms with Crippen LogP contribution in [0.5, 0.6) is 11.5 Å². The normalized spacial score (nSPS) is 12.7. The highest BCUT2D eigenvalue weighted by molar-refractivity contribution is 7.89. The summed E-state index contributed by atoms with van der Waals surface area (Å²) >= 11 is 0. The molecule has 0 aliphatic heterocycles. The van der Waals surface area contributed by atoms with E-state index in [2.05, 4.69) is 15.2 Å². The zero-order chi connectivity index (χ0) is 21.4. The van der Waals surface area contributed by atoms with Crippen molar-refractivity contribution >= 4 is 22.1 Å². The molecule has 0 spiro atoms. The number of rotatable bonds is 9. The van der Waals surface area contributed by atoms with Crippen LogP contribution >= 0.6 is 0 Å².